The van der Waals surface area contributed by atoms with Gasteiger partial charge in [0.2, 0.25) is 0 Å². The molecule has 1 aromatic carbocycles. The topological polar surface area (TPSA) is 41.5 Å². The van der Waals surface area contributed by atoms with E-state index in [1.54, 1.807) is 7.11 Å². The molecule has 0 atom stereocenters. The van der Waals surface area contributed by atoms with Crippen LogP contribution in [0.1, 0.15) is 12.8 Å². The van der Waals surface area contributed by atoms with Gasteiger partial charge in [0.05, 0.1) is 19.3 Å². The van der Waals surface area contributed by atoms with Gasteiger partial charge in [0.1, 0.15) is 5.75 Å². The van der Waals surface area contributed by atoms with Gasteiger partial charge in [0.25, 0.3) is 0 Å². The highest BCUT2D eigenvalue weighted by molar-refractivity contribution is 7.99. The third kappa shape index (κ3) is 3.07. The number of hydrogen-bond acceptors (Lipinski definition) is 4. The van der Waals surface area contributed by atoms with E-state index in [4.69, 9.17) is 4.74 Å². The molecule has 0 spiro atoms. The van der Waals surface area contributed by atoms with Crippen molar-refractivity contribution in [2.75, 3.05) is 30.5 Å². The molecule has 0 radical (unpaired) electrons. The number of ether oxygens (including phenoxy) is 1. The Kier molecular flexibility index (Phi) is 4.18. The molecule has 17 heavy (non-hydrogen) atoms. The van der Waals surface area contributed by atoms with Crippen molar-refractivity contribution >= 4 is 17.4 Å². The number of rotatable bonds is 4. The summed E-state index contributed by atoms with van der Waals surface area (Å²) in [6.07, 6.45) is 2.03. The first-order valence-corrected chi connectivity index (χ1v) is 7.04. The zero-order valence-electron chi connectivity index (χ0n) is 10.1. The monoisotopic (exact) mass is 253 g/mol. The van der Waals surface area contributed by atoms with Crippen molar-refractivity contribution in [2.45, 2.75) is 18.4 Å². The summed E-state index contributed by atoms with van der Waals surface area (Å²) in [4.78, 5) is 0. The molecule has 2 rings (SSSR count). The highest BCUT2D eigenvalue weighted by atomic mass is 32.2. The average Bonchev–Trinajstić information content (AvgIpc) is 2.41. The summed E-state index contributed by atoms with van der Waals surface area (Å²) in [7, 11) is 1.66. The van der Waals surface area contributed by atoms with Gasteiger partial charge in [0, 0.05) is 5.69 Å². The molecular weight excluding hydrogens is 234 g/mol. The highest BCUT2D eigenvalue weighted by Crippen LogP contribution is 2.30. The molecule has 2 N–H and O–H groups in total. The van der Waals surface area contributed by atoms with Gasteiger partial charge >= 0.3 is 0 Å². The summed E-state index contributed by atoms with van der Waals surface area (Å²) in [5, 5.41) is 13.1. The maximum Gasteiger partial charge on any atom is 0.119 e. The fraction of sp³-hybridized carbons (Fsp3) is 0.538. The van der Waals surface area contributed by atoms with Crippen molar-refractivity contribution < 1.29 is 9.84 Å². The van der Waals surface area contributed by atoms with Crippen molar-refractivity contribution in [3.8, 4) is 5.75 Å². The molecule has 1 aliphatic rings. The van der Waals surface area contributed by atoms with Crippen LogP contribution in [0.2, 0.25) is 0 Å². The highest BCUT2D eigenvalue weighted by Gasteiger charge is 2.31. The molecule has 94 valence electrons. The maximum absolute atomic E-state index is 9.61. The van der Waals surface area contributed by atoms with Crippen LogP contribution in [0.3, 0.4) is 0 Å². The molecular formula is C13H19NO2S. The Hall–Kier alpha value is -0.870. The third-order valence-corrected chi connectivity index (χ3v) is 4.24. The summed E-state index contributed by atoms with van der Waals surface area (Å²) in [5.74, 6) is 3.08. The van der Waals surface area contributed by atoms with Gasteiger partial charge in [-0.15, -0.1) is 0 Å². The van der Waals surface area contributed by atoms with Gasteiger partial charge in [-0.05, 0) is 48.6 Å². The van der Waals surface area contributed by atoms with Crippen LogP contribution in [0.5, 0.6) is 5.75 Å². The lowest BCUT2D eigenvalue weighted by atomic mass is 9.93. The molecule has 1 aromatic rings. The molecule has 3 nitrogen and oxygen atoms in total. The molecule has 0 aliphatic carbocycles. The van der Waals surface area contributed by atoms with Gasteiger partial charge in [-0.3, -0.25) is 0 Å². The number of aliphatic hydroxyl groups excluding tert-OH is 1. The van der Waals surface area contributed by atoms with Gasteiger partial charge in [0.15, 0.2) is 0 Å². The molecule has 0 aromatic heterocycles. The Bertz CT molecular complexity index is 347. The molecule has 0 bridgehead atoms. The van der Waals surface area contributed by atoms with Crippen molar-refractivity contribution in [2.24, 2.45) is 0 Å². The average molecular weight is 253 g/mol. The minimum atomic E-state index is -0.139. The first kappa shape index (κ1) is 12.6. The normalized spacial score (nSPS) is 18.7. The summed E-state index contributed by atoms with van der Waals surface area (Å²) < 4.78 is 5.13. The number of methoxy groups -OCH3 is 1. The first-order valence-electron chi connectivity index (χ1n) is 5.89. The van der Waals surface area contributed by atoms with Gasteiger partial charge in [-0.25, -0.2) is 0 Å². The van der Waals surface area contributed by atoms with Crippen molar-refractivity contribution in [1.29, 1.82) is 0 Å². The second kappa shape index (κ2) is 5.65. The lowest BCUT2D eigenvalue weighted by Crippen LogP contribution is -2.45. The lowest BCUT2D eigenvalue weighted by molar-refractivity contribution is 0.202. The Morgan fingerprint density at radius 1 is 1.29 bits per heavy atom. The van der Waals surface area contributed by atoms with Crippen LogP contribution in [0.25, 0.3) is 0 Å². The van der Waals surface area contributed by atoms with Crippen molar-refractivity contribution in [3.05, 3.63) is 24.3 Å². The zero-order valence-corrected chi connectivity index (χ0v) is 10.9. The second-order valence-electron chi connectivity index (χ2n) is 4.40. The Morgan fingerprint density at radius 2 is 1.94 bits per heavy atom. The van der Waals surface area contributed by atoms with E-state index in [9.17, 15) is 5.11 Å². The summed E-state index contributed by atoms with van der Waals surface area (Å²) in [6.45, 7) is 0.194. The lowest BCUT2D eigenvalue weighted by Gasteiger charge is -2.37. The predicted octanol–water partition coefficient (Wildman–Crippen LogP) is 2.37. The van der Waals surface area contributed by atoms with E-state index in [0.717, 1.165) is 35.8 Å². The zero-order chi connectivity index (χ0) is 12.1. The molecule has 1 aliphatic heterocycles. The summed E-state index contributed by atoms with van der Waals surface area (Å²) in [6, 6.07) is 7.87. The van der Waals surface area contributed by atoms with E-state index in [0.29, 0.717) is 0 Å². The van der Waals surface area contributed by atoms with Crippen LogP contribution in [0, 0.1) is 0 Å². The standard InChI is InChI=1S/C13H19NO2S/c1-16-12-4-2-11(3-5-12)14-13(10-15)6-8-17-9-7-13/h2-5,14-15H,6-10H2,1H3. The molecule has 4 heteroatoms. The Balaban J connectivity index is 2.06. The summed E-state index contributed by atoms with van der Waals surface area (Å²) in [5.41, 5.74) is 0.909. The van der Waals surface area contributed by atoms with Crippen LogP contribution >= 0.6 is 11.8 Å². The number of hydrogen-bond donors (Lipinski definition) is 2. The van der Waals surface area contributed by atoms with E-state index in [2.05, 4.69) is 5.32 Å². The Morgan fingerprint density at radius 3 is 2.47 bits per heavy atom. The van der Waals surface area contributed by atoms with Crippen LogP contribution in [0.15, 0.2) is 24.3 Å². The molecule has 0 unspecified atom stereocenters. The van der Waals surface area contributed by atoms with E-state index in [1.807, 2.05) is 36.0 Å². The smallest absolute Gasteiger partial charge is 0.119 e. The van der Waals surface area contributed by atoms with Crippen molar-refractivity contribution in [1.82, 2.24) is 0 Å². The van der Waals surface area contributed by atoms with Crippen LogP contribution in [-0.4, -0.2) is 35.9 Å². The van der Waals surface area contributed by atoms with Crippen molar-refractivity contribution in [3.63, 3.8) is 0 Å². The van der Waals surface area contributed by atoms with Crippen LogP contribution in [-0.2, 0) is 0 Å². The molecule has 0 amide bonds. The third-order valence-electron chi connectivity index (χ3n) is 3.25. The van der Waals surface area contributed by atoms with Crippen LogP contribution < -0.4 is 10.1 Å². The maximum atomic E-state index is 9.61. The van der Waals surface area contributed by atoms with E-state index in [1.165, 1.54) is 0 Å². The molecule has 1 heterocycles. The Labute approximate surface area is 107 Å². The largest absolute Gasteiger partial charge is 0.497 e. The number of aliphatic hydroxyl groups is 1. The quantitative estimate of drug-likeness (QED) is 0.864. The van der Waals surface area contributed by atoms with E-state index >= 15 is 0 Å². The van der Waals surface area contributed by atoms with Gasteiger partial charge < -0.3 is 15.2 Å². The fourth-order valence-corrected chi connectivity index (χ4v) is 3.34. The fourth-order valence-electron chi connectivity index (χ4n) is 2.07. The van der Waals surface area contributed by atoms with E-state index < -0.39 is 0 Å². The van der Waals surface area contributed by atoms with Gasteiger partial charge in [-0.1, -0.05) is 0 Å². The summed E-state index contributed by atoms with van der Waals surface area (Å²) >= 11 is 1.96. The minimum Gasteiger partial charge on any atom is -0.497 e. The van der Waals surface area contributed by atoms with Crippen LogP contribution in [0.4, 0.5) is 5.69 Å². The predicted molar refractivity (Wildman–Crippen MR) is 73.0 cm³/mol. The molecule has 1 saturated heterocycles. The minimum absolute atomic E-state index is 0.139. The van der Waals surface area contributed by atoms with Gasteiger partial charge in [-0.2, -0.15) is 11.8 Å². The second-order valence-corrected chi connectivity index (χ2v) is 5.63. The van der Waals surface area contributed by atoms with E-state index in [-0.39, 0.29) is 12.1 Å². The number of benzene rings is 1. The SMILES string of the molecule is COc1ccc(NC2(CO)CCSCC2)cc1. The first-order chi connectivity index (χ1) is 8.28. The number of anilines is 1. The number of nitrogens with one attached hydrogen (secondary N) is 1. The molecule has 1 fully saturated rings. The number of thioether (sulfide) groups is 1. The molecule has 0 saturated carbocycles.